The van der Waals surface area contributed by atoms with E-state index in [9.17, 15) is 4.79 Å². The SMILES string of the molecule is C[NH+]1CCN(C(=O)Cc2ccccc2)CC1.[Br-]. The first-order valence-electron chi connectivity index (χ1n) is 5.89. The van der Waals surface area contributed by atoms with Gasteiger partial charge in [0.1, 0.15) is 0 Å². The molecule has 0 bridgehead atoms. The molecule has 1 aromatic rings. The molecule has 17 heavy (non-hydrogen) atoms. The summed E-state index contributed by atoms with van der Waals surface area (Å²) in [5, 5.41) is 0. The predicted octanol–water partition coefficient (Wildman–Crippen LogP) is -3.41. The minimum Gasteiger partial charge on any atom is -1.00 e. The number of hydrogen-bond donors (Lipinski definition) is 1. The third-order valence-corrected chi connectivity index (χ3v) is 3.17. The van der Waals surface area contributed by atoms with Crippen LogP contribution in [0.4, 0.5) is 0 Å². The molecule has 0 saturated carbocycles. The van der Waals surface area contributed by atoms with Gasteiger partial charge in [0.15, 0.2) is 0 Å². The van der Waals surface area contributed by atoms with E-state index in [1.165, 1.54) is 4.90 Å². The van der Waals surface area contributed by atoms with E-state index in [2.05, 4.69) is 7.05 Å². The number of hydrogen-bond acceptors (Lipinski definition) is 1. The number of nitrogens with one attached hydrogen (secondary N) is 1. The lowest BCUT2D eigenvalue weighted by atomic mass is 10.1. The summed E-state index contributed by atoms with van der Waals surface area (Å²) in [7, 11) is 2.18. The van der Waals surface area contributed by atoms with Crippen molar-refractivity contribution in [3.8, 4) is 0 Å². The van der Waals surface area contributed by atoms with Gasteiger partial charge in [-0.3, -0.25) is 4.79 Å². The minimum atomic E-state index is 0. The zero-order valence-electron chi connectivity index (χ0n) is 10.2. The van der Waals surface area contributed by atoms with Crippen LogP contribution >= 0.6 is 0 Å². The van der Waals surface area contributed by atoms with Crippen LogP contribution in [-0.2, 0) is 11.2 Å². The van der Waals surface area contributed by atoms with Crippen LogP contribution in [0.5, 0.6) is 0 Å². The van der Waals surface area contributed by atoms with Crippen molar-refractivity contribution in [3.63, 3.8) is 0 Å². The number of benzene rings is 1. The number of halogens is 1. The Morgan fingerprint density at radius 2 is 1.82 bits per heavy atom. The second-order valence-corrected chi connectivity index (χ2v) is 4.50. The molecule has 1 heterocycles. The van der Waals surface area contributed by atoms with E-state index < -0.39 is 0 Å². The van der Waals surface area contributed by atoms with Crippen LogP contribution in [0.2, 0.25) is 0 Å². The van der Waals surface area contributed by atoms with Crippen LogP contribution < -0.4 is 21.9 Å². The summed E-state index contributed by atoms with van der Waals surface area (Å²) >= 11 is 0. The van der Waals surface area contributed by atoms with E-state index in [-0.39, 0.29) is 22.9 Å². The van der Waals surface area contributed by atoms with Gasteiger partial charge in [0.05, 0.1) is 39.6 Å². The molecule has 94 valence electrons. The summed E-state index contributed by atoms with van der Waals surface area (Å²) in [4.78, 5) is 15.5. The Morgan fingerprint density at radius 1 is 1.24 bits per heavy atom. The Bertz CT molecular complexity index is 348. The highest BCUT2D eigenvalue weighted by atomic mass is 79.9. The molecular formula is C13H19BrN2O. The zero-order valence-corrected chi connectivity index (χ0v) is 11.7. The van der Waals surface area contributed by atoms with Gasteiger partial charge in [-0.2, -0.15) is 0 Å². The van der Waals surface area contributed by atoms with Crippen molar-refractivity contribution in [2.24, 2.45) is 0 Å². The number of amides is 1. The van der Waals surface area contributed by atoms with Crippen LogP contribution in [0.25, 0.3) is 0 Å². The Labute approximate surface area is 113 Å². The van der Waals surface area contributed by atoms with E-state index in [4.69, 9.17) is 0 Å². The smallest absolute Gasteiger partial charge is 0.227 e. The molecule has 4 heteroatoms. The largest absolute Gasteiger partial charge is 1.00 e. The van der Waals surface area contributed by atoms with Crippen molar-refractivity contribution in [1.82, 2.24) is 4.90 Å². The fourth-order valence-corrected chi connectivity index (χ4v) is 2.02. The van der Waals surface area contributed by atoms with Gasteiger partial charge in [0.2, 0.25) is 5.91 Å². The van der Waals surface area contributed by atoms with Crippen molar-refractivity contribution < 1.29 is 26.7 Å². The second kappa shape index (κ2) is 6.77. The first-order chi connectivity index (χ1) is 7.75. The molecule has 2 rings (SSSR count). The van der Waals surface area contributed by atoms with Crippen molar-refractivity contribution in [2.75, 3.05) is 33.2 Å². The Kier molecular flexibility index (Phi) is 5.65. The highest BCUT2D eigenvalue weighted by Crippen LogP contribution is 2.03. The van der Waals surface area contributed by atoms with Crippen LogP contribution in [0.1, 0.15) is 5.56 Å². The van der Waals surface area contributed by atoms with E-state index in [1.807, 2.05) is 35.2 Å². The van der Waals surface area contributed by atoms with Crippen LogP contribution in [0, 0.1) is 0 Å². The first kappa shape index (κ1) is 14.2. The molecular weight excluding hydrogens is 280 g/mol. The van der Waals surface area contributed by atoms with Crippen molar-refractivity contribution in [2.45, 2.75) is 6.42 Å². The van der Waals surface area contributed by atoms with Crippen LogP contribution in [0.3, 0.4) is 0 Å². The molecule has 0 spiro atoms. The third kappa shape index (κ3) is 4.13. The van der Waals surface area contributed by atoms with Gasteiger partial charge in [-0.15, -0.1) is 0 Å². The van der Waals surface area contributed by atoms with Crippen molar-refractivity contribution in [3.05, 3.63) is 35.9 Å². The average Bonchev–Trinajstić information content (AvgIpc) is 2.31. The predicted molar refractivity (Wildman–Crippen MR) is 63.3 cm³/mol. The molecule has 3 nitrogen and oxygen atoms in total. The van der Waals surface area contributed by atoms with Crippen molar-refractivity contribution in [1.29, 1.82) is 0 Å². The summed E-state index contributed by atoms with van der Waals surface area (Å²) in [5.74, 6) is 0.263. The number of nitrogens with zero attached hydrogens (tertiary/aromatic N) is 1. The van der Waals surface area contributed by atoms with Crippen molar-refractivity contribution >= 4 is 5.91 Å². The van der Waals surface area contributed by atoms with Gasteiger partial charge in [0, 0.05) is 0 Å². The lowest BCUT2D eigenvalue weighted by molar-refractivity contribution is -0.883. The first-order valence-corrected chi connectivity index (χ1v) is 5.89. The maximum atomic E-state index is 12.0. The summed E-state index contributed by atoms with van der Waals surface area (Å²) in [5.41, 5.74) is 1.11. The van der Waals surface area contributed by atoms with E-state index in [0.29, 0.717) is 6.42 Å². The molecule has 0 radical (unpaired) electrons. The minimum absolute atomic E-state index is 0. The zero-order chi connectivity index (χ0) is 11.4. The molecule has 1 fully saturated rings. The molecule has 0 atom stereocenters. The molecule has 1 aliphatic rings. The Morgan fingerprint density at radius 3 is 2.41 bits per heavy atom. The second-order valence-electron chi connectivity index (χ2n) is 4.50. The molecule has 0 aliphatic carbocycles. The summed E-state index contributed by atoms with van der Waals surface area (Å²) < 4.78 is 0. The molecule has 0 unspecified atom stereocenters. The Hall–Kier alpha value is -0.870. The molecule has 1 amide bonds. The number of likely N-dealkylation sites (N-methyl/N-ethyl adjacent to an activating group) is 1. The lowest BCUT2D eigenvalue weighted by Crippen LogP contribution is -3.12. The summed E-state index contributed by atoms with van der Waals surface area (Å²) in [6.07, 6.45) is 0.542. The van der Waals surface area contributed by atoms with Gasteiger partial charge in [0.25, 0.3) is 0 Å². The number of carbonyl (C=O) groups excluding carboxylic acids is 1. The van der Waals surface area contributed by atoms with Gasteiger partial charge in [-0.05, 0) is 5.56 Å². The fraction of sp³-hybridized carbons (Fsp3) is 0.462. The van der Waals surface area contributed by atoms with Gasteiger partial charge in [-0.1, -0.05) is 30.3 Å². The summed E-state index contributed by atoms with van der Waals surface area (Å²) in [6, 6.07) is 9.97. The summed E-state index contributed by atoms with van der Waals surface area (Å²) in [6.45, 7) is 3.94. The molecule has 1 aliphatic heterocycles. The maximum absolute atomic E-state index is 12.0. The number of piperazine rings is 1. The normalized spacial score (nSPS) is 16.4. The molecule has 1 aromatic carbocycles. The van der Waals surface area contributed by atoms with E-state index in [0.717, 1.165) is 31.7 Å². The lowest BCUT2D eigenvalue weighted by Gasteiger charge is -2.30. The van der Waals surface area contributed by atoms with E-state index >= 15 is 0 Å². The number of quaternary nitrogens is 1. The maximum Gasteiger partial charge on any atom is 0.227 e. The van der Waals surface area contributed by atoms with E-state index in [1.54, 1.807) is 0 Å². The monoisotopic (exact) mass is 298 g/mol. The van der Waals surface area contributed by atoms with Crippen LogP contribution in [0.15, 0.2) is 30.3 Å². The number of carbonyl (C=O) groups is 1. The third-order valence-electron chi connectivity index (χ3n) is 3.17. The van der Waals surface area contributed by atoms with Crippen LogP contribution in [-0.4, -0.2) is 44.0 Å². The number of rotatable bonds is 2. The highest BCUT2D eigenvalue weighted by Gasteiger charge is 2.20. The van der Waals surface area contributed by atoms with Gasteiger partial charge < -0.3 is 26.8 Å². The van der Waals surface area contributed by atoms with Gasteiger partial charge in [-0.25, -0.2) is 0 Å². The van der Waals surface area contributed by atoms with Gasteiger partial charge >= 0.3 is 0 Å². The molecule has 1 N–H and O–H groups in total. The molecule has 0 aromatic heterocycles. The average molecular weight is 299 g/mol. The molecule has 1 saturated heterocycles. The highest BCUT2D eigenvalue weighted by molar-refractivity contribution is 5.78. The quantitative estimate of drug-likeness (QED) is 0.605. The fourth-order valence-electron chi connectivity index (χ4n) is 2.02. The topological polar surface area (TPSA) is 24.8 Å². The standard InChI is InChI=1S/C13H18N2O.BrH/c1-14-7-9-15(10-8-14)13(16)11-12-5-3-2-4-6-12;/h2-6H,7-11H2,1H3;1H. The Balaban J connectivity index is 0.00000144.